The summed E-state index contributed by atoms with van der Waals surface area (Å²) in [5, 5.41) is 7.42. The minimum Gasteiger partial charge on any atom is -0.349 e. The molecule has 5 nitrogen and oxygen atoms in total. The van der Waals surface area contributed by atoms with Crippen molar-refractivity contribution >= 4 is 5.91 Å². The Morgan fingerprint density at radius 3 is 2.85 bits per heavy atom. The zero-order valence-electron chi connectivity index (χ0n) is 12.9. The predicted octanol–water partition coefficient (Wildman–Crippen LogP) is 1.81. The number of nitrogens with one attached hydrogen (secondary N) is 1. The fraction of sp³-hybridized carbons (Fsp3) is 0.733. The van der Waals surface area contributed by atoms with E-state index in [1.165, 1.54) is 0 Å². The second-order valence-corrected chi connectivity index (χ2v) is 6.38. The molecule has 1 aliphatic carbocycles. The molecule has 0 spiro atoms. The second-order valence-electron chi connectivity index (χ2n) is 6.38. The van der Waals surface area contributed by atoms with Crippen molar-refractivity contribution < 1.29 is 4.79 Å². The summed E-state index contributed by atoms with van der Waals surface area (Å²) < 4.78 is 1.78. The van der Waals surface area contributed by atoms with Gasteiger partial charge in [0.15, 0.2) is 0 Å². The van der Waals surface area contributed by atoms with E-state index < -0.39 is 0 Å². The highest BCUT2D eigenvalue weighted by atomic mass is 16.2. The topological polar surface area (TPSA) is 72.9 Å². The number of carbonyl (C=O) groups is 1. The number of nitrogens with zero attached hydrogens (tertiary/aromatic N) is 2. The minimum absolute atomic E-state index is 0.0334. The summed E-state index contributed by atoms with van der Waals surface area (Å²) >= 11 is 0. The first-order valence-corrected chi connectivity index (χ1v) is 7.40. The number of amides is 1. The number of hydrogen-bond acceptors (Lipinski definition) is 3. The predicted molar refractivity (Wildman–Crippen MR) is 79.1 cm³/mol. The molecule has 112 valence electrons. The monoisotopic (exact) mass is 278 g/mol. The van der Waals surface area contributed by atoms with E-state index in [9.17, 15) is 4.79 Å². The van der Waals surface area contributed by atoms with Gasteiger partial charge in [-0.15, -0.1) is 0 Å². The van der Waals surface area contributed by atoms with Crippen LogP contribution in [0, 0.1) is 12.8 Å². The fourth-order valence-electron chi connectivity index (χ4n) is 3.22. The van der Waals surface area contributed by atoms with E-state index in [1.807, 2.05) is 34.0 Å². The maximum Gasteiger partial charge on any atom is 0.225 e. The first-order chi connectivity index (χ1) is 9.31. The summed E-state index contributed by atoms with van der Waals surface area (Å²) in [5.41, 5.74) is 7.93. The summed E-state index contributed by atoms with van der Waals surface area (Å²) in [6, 6.07) is -0.0334. The van der Waals surface area contributed by atoms with Gasteiger partial charge in [0.05, 0.1) is 17.7 Å². The van der Waals surface area contributed by atoms with E-state index in [4.69, 9.17) is 5.73 Å². The van der Waals surface area contributed by atoms with Crippen LogP contribution in [0.15, 0.2) is 6.20 Å². The van der Waals surface area contributed by atoms with E-state index in [0.717, 1.165) is 36.9 Å². The molecule has 1 aromatic heterocycles. The highest BCUT2D eigenvalue weighted by molar-refractivity contribution is 5.80. The summed E-state index contributed by atoms with van der Waals surface area (Å²) in [7, 11) is 1.89. The van der Waals surface area contributed by atoms with Gasteiger partial charge in [-0.25, -0.2) is 0 Å². The van der Waals surface area contributed by atoms with Gasteiger partial charge in [0.1, 0.15) is 0 Å². The van der Waals surface area contributed by atoms with Gasteiger partial charge in [0, 0.05) is 24.3 Å². The van der Waals surface area contributed by atoms with E-state index in [2.05, 4.69) is 10.4 Å². The molecule has 1 amide bonds. The van der Waals surface area contributed by atoms with Gasteiger partial charge in [-0.2, -0.15) is 5.10 Å². The Kier molecular flexibility index (Phi) is 4.18. The summed E-state index contributed by atoms with van der Waals surface area (Å²) in [6.45, 7) is 5.96. The molecule has 20 heavy (non-hydrogen) atoms. The minimum atomic E-state index is -0.383. The lowest BCUT2D eigenvalue weighted by Gasteiger charge is -2.37. The fourth-order valence-corrected chi connectivity index (χ4v) is 3.22. The molecule has 1 saturated carbocycles. The SMILES string of the molecule is Cc1nn(C)cc1C(C)NC(=O)C1CCCCC1(C)N. The molecule has 2 rings (SSSR count). The van der Waals surface area contributed by atoms with Crippen LogP contribution in [-0.4, -0.2) is 21.2 Å². The van der Waals surface area contributed by atoms with E-state index in [1.54, 1.807) is 4.68 Å². The molecule has 0 aromatic carbocycles. The zero-order valence-corrected chi connectivity index (χ0v) is 12.9. The van der Waals surface area contributed by atoms with Gasteiger partial charge in [0.2, 0.25) is 5.91 Å². The lowest BCUT2D eigenvalue weighted by Crippen LogP contribution is -2.53. The number of rotatable bonds is 3. The van der Waals surface area contributed by atoms with Crippen molar-refractivity contribution in [2.24, 2.45) is 18.7 Å². The Bertz CT molecular complexity index is 492. The summed E-state index contributed by atoms with van der Waals surface area (Å²) in [4.78, 5) is 12.5. The van der Waals surface area contributed by atoms with Crippen molar-refractivity contribution in [1.82, 2.24) is 15.1 Å². The van der Waals surface area contributed by atoms with Crippen molar-refractivity contribution in [2.45, 2.75) is 58.0 Å². The number of hydrogen-bond donors (Lipinski definition) is 2. The van der Waals surface area contributed by atoms with Gasteiger partial charge >= 0.3 is 0 Å². The molecule has 1 aliphatic rings. The van der Waals surface area contributed by atoms with Crippen molar-refractivity contribution in [3.63, 3.8) is 0 Å². The Labute approximate surface area is 120 Å². The van der Waals surface area contributed by atoms with Crippen molar-refractivity contribution in [1.29, 1.82) is 0 Å². The van der Waals surface area contributed by atoms with E-state index in [-0.39, 0.29) is 23.4 Å². The largest absolute Gasteiger partial charge is 0.349 e. The van der Waals surface area contributed by atoms with E-state index >= 15 is 0 Å². The van der Waals surface area contributed by atoms with Crippen LogP contribution in [0.1, 0.15) is 56.8 Å². The third kappa shape index (κ3) is 3.03. The Morgan fingerprint density at radius 1 is 1.60 bits per heavy atom. The quantitative estimate of drug-likeness (QED) is 0.885. The molecular formula is C15H26N4O. The first kappa shape index (κ1) is 15.0. The average molecular weight is 278 g/mol. The second kappa shape index (κ2) is 5.56. The molecule has 0 radical (unpaired) electrons. The van der Waals surface area contributed by atoms with Crippen molar-refractivity contribution in [3.05, 3.63) is 17.5 Å². The van der Waals surface area contributed by atoms with Gasteiger partial charge in [-0.3, -0.25) is 9.48 Å². The smallest absolute Gasteiger partial charge is 0.225 e. The van der Waals surface area contributed by atoms with Crippen molar-refractivity contribution in [2.75, 3.05) is 0 Å². The maximum absolute atomic E-state index is 12.5. The highest BCUT2D eigenvalue weighted by Gasteiger charge is 2.38. The molecule has 0 aliphatic heterocycles. The molecule has 0 bridgehead atoms. The van der Waals surface area contributed by atoms with Crippen LogP contribution in [0.5, 0.6) is 0 Å². The van der Waals surface area contributed by atoms with Crippen LogP contribution in [0.4, 0.5) is 0 Å². The van der Waals surface area contributed by atoms with Crippen LogP contribution in [0.2, 0.25) is 0 Å². The molecule has 0 saturated heterocycles. The maximum atomic E-state index is 12.5. The van der Waals surface area contributed by atoms with Gasteiger partial charge in [-0.1, -0.05) is 12.8 Å². The van der Waals surface area contributed by atoms with Crippen LogP contribution < -0.4 is 11.1 Å². The molecule has 3 unspecified atom stereocenters. The van der Waals surface area contributed by atoms with Crippen LogP contribution in [-0.2, 0) is 11.8 Å². The molecule has 3 atom stereocenters. The van der Waals surface area contributed by atoms with Crippen molar-refractivity contribution in [3.8, 4) is 0 Å². The van der Waals surface area contributed by atoms with E-state index in [0.29, 0.717) is 0 Å². The first-order valence-electron chi connectivity index (χ1n) is 7.40. The molecule has 1 heterocycles. The lowest BCUT2D eigenvalue weighted by atomic mass is 9.74. The van der Waals surface area contributed by atoms with Gasteiger partial charge < -0.3 is 11.1 Å². The standard InChI is InChI=1S/C15H26N4O/c1-10(12-9-19(4)18-11(12)2)17-14(20)13-7-5-6-8-15(13,3)16/h9-10,13H,5-8,16H2,1-4H3,(H,17,20). The number of carbonyl (C=O) groups excluding carboxylic acids is 1. The molecular weight excluding hydrogens is 252 g/mol. The molecule has 3 N–H and O–H groups in total. The third-order valence-corrected chi connectivity index (χ3v) is 4.45. The van der Waals surface area contributed by atoms with Gasteiger partial charge in [-0.05, 0) is 33.6 Å². The average Bonchev–Trinajstić information content (AvgIpc) is 2.67. The lowest BCUT2D eigenvalue weighted by molar-refractivity contribution is -0.128. The highest BCUT2D eigenvalue weighted by Crippen LogP contribution is 2.32. The van der Waals surface area contributed by atoms with Gasteiger partial charge in [0.25, 0.3) is 0 Å². The zero-order chi connectivity index (χ0) is 14.9. The normalized spacial score (nSPS) is 28.1. The Hall–Kier alpha value is -1.36. The number of aromatic nitrogens is 2. The molecule has 1 aromatic rings. The van der Waals surface area contributed by atoms with Crippen LogP contribution >= 0.6 is 0 Å². The Morgan fingerprint density at radius 2 is 2.30 bits per heavy atom. The summed E-state index contributed by atoms with van der Waals surface area (Å²) in [5.74, 6) is -0.0128. The Balaban J connectivity index is 2.05. The van der Waals surface area contributed by atoms with Crippen LogP contribution in [0.3, 0.4) is 0 Å². The third-order valence-electron chi connectivity index (χ3n) is 4.45. The summed E-state index contributed by atoms with van der Waals surface area (Å²) in [6.07, 6.45) is 5.98. The van der Waals surface area contributed by atoms with Crippen LogP contribution in [0.25, 0.3) is 0 Å². The molecule has 5 heteroatoms. The number of nitrogens with two attached hydrogens (primary N) is 1. The molecule has 1 fully saturated rings. The number of aryl methyl sites for hydroxylation is 2.